The van der Waals surface area contributed by atoms with E-state index in [4.69, 9.17) is 9.47 Å². The Morgan fingerprint density at radius 2 is 1.60 bits per heavy atom. The molecule has 3 rings (SSSR count). The van der Waals surface area contributed by atoms with E-state index in [1.165, 1.54) is 0 Å². The molecule has 0 bridgehead atoms. The van der Waals surface area contributed by atoms with E-state index in [1.807, 2.05) is 48.5 Å². The number of aliphatic hydroxyl groups excluding tert-OH is 1. The van der Waals surface area contributed by atoms with Gasteiger partial charge < -0.3 is 25.2 Å². The fraction of sp³-hybridized carbons (Fsp3) is 0.455. The van der Waals surface area contributed by atoms with Crippen molar-refractivity contribution >= 4 is 23.8 Å². The normalized spacial score (nSPS) is 21.5. The molecule has 3 N–H and O–H groups in total. The summed E-state index contributed by atoms with van der Waals surface area (Å²) in [5.74, 6) is -3.21. The molecule has 2 amide bonds. The van der Waals surface area contributed by atoms with E-state index >= 15 is 0 Å². The van der Waals surface area contributed by atoms with Crippen LogP contribution in [0.3, 0.4) is 0 Å². The third-order valence-electron chi connectivity index (χ3n) is 6.78. The highest BCUT2D eigenvalue weighted by Crippen LogP contribution is 2.24. The molecule has 0 aliphatic carbocycles. The lowest BCUT2D eigenvalue weighted by Crippen LogP contribution is -2.42. The first-order valence-corrected chi connectivity index (χ1v) is 14.4. The van der Waals surface area contributed by atoms with E-state index in [0.29, 0.717) is 12.0 Å². The molecule has 0 unspecified atom stereocenters. The first-order chi connectivity index (χ1) is 20.0. The molecule has 0 radical (unpaired) electrons. The number of ether oxygens (including phenoxy) is 2. The van der Waals surface area contributed by atoms with Gasteiger partial charge in [-0.3, -0.25) is 19.2 Å². The Morgan fingerprint density at radius 3 is 2.21 bits per heavy atom. The summed E-state index contributed by atoms with van der Waals surface area (Å²) in [5, 5.41) is 15.5. The minimum atomic E-state index is -0.786. The molecule has 42 heavy (non-hydrogen) atoms. The van der Waals surface area contributed by atoms with Crippen molar-refractivity contribution in [1.82, 2.24) is 10.6 Å². The van der Waals surface area contributed by atoms with E-state index in [9.17, 15) is 24.3 Å². The van der Waals surface area contributed by atoms with Gasteiger partial charge in [0, 0.05) is 6.42 Å². The number of nitrogens with one attached hydrogen (secondary N) is 2. The zero-order chi connectivity index (χ0) is 30.5. The van der Waals surface area contributed by atoms with Gasteiger partial charge >= 0.3 is 11.9 Å². The maximum Gasteiger partial charge on any atom is 0.310 e. The number of carbonyl (C=O) groups is 4. The molecule has 0 saturated carbocycles. The number of allylic oxidation sites excluding steroid dienone is 2. The number of carbonyl (C=O) groups excluding carboxylic acids is 4. The molecule has 1 aliphatic heterocycles. The fourth-order valence-corrected chi connectivity index (χ4v) is 4.69. The summed E-state index contributed by atoms with van der Waals surface area (Å²) in [6.45, 7) is 5.06. The van der Waals surface area contributed by atoms with Crippen LogP contribution >= 0.6 is 0 Å². The summed E-state index contributed by atoms with van der Waals surface area (Å²) in [7, 11) is 0. The zero-order valence-corrected chi connectivity index (χ0v) is 24.6. The van der Waals surface area contributed by atoms with Gasteiger partial charge in [0.1, 0.15) is 11.7 Å². The Bertz CT molecular complexity index is 1210. The second-order valence-corrected chi connectivity index (χ2v) is 11.5. The van der Waals surface area contributed by atoms with Gasteiger partial charge in [-0.2, -0.15) is 0 Å². The highest BCUT2D eigenvalue weighted by Gasteiger charge is 2.30. The average Bonchev–Trinajstić information content (AvgIpc) is 2.95. The molecule has 1 heterocycles. The van der Waals surface area contributed by atoms with Crippen molar-refractivity contribution in [3.63, 3.8) is 0 Å². The molecule has 226 valence electrons. The van der Waals surface area contributed by atoms with Crippen molar-refractivity contribution in [2.45, 2.75) is 70.6 Å². The van der Waals surface area contributed by atoms with Gasteiger partial charge in [-0.15, -0.1) is 0 Å². The second kappa shape index (κ2) is 15.9. The lowest BCUT2D eigenvalue weighted by Gasteiger charge is -2.25. The summed E-state index contributed by atoms with van der Waals surface area (Å²) >= 11 is 0. The Balaban J connectivity index is 1.75. The molecule has 2 aromatic carbocycles. The molecule has 0 spiro atoms. The standard InChI is InChI=1S/C33H42N2O7/c1-33(2,3)42-30(38)20-26-17-11-10-16-25(19-29(37)35-27(22-36)18-23-12-6-4-7-13-23)31(39)34-21-28(41-32(26)40)24-14-8-5-9-15-24/h4-15,25-28,36H,16-22H2,1-3H3,(H,34,39)(H,35,37)/b11-10-/t25-,26+,27+,28-/m0/s1. The van der Waals surface area contributed by atoms with E-state index < -0.39 is 41.5 Å². The molecule has 0 saturated heterocycles. The third kappa shape index (κ3) is 11.1. The molecular weight excluding hydrogens is 536 g/mol. The summed E-state index contributed by atoms with van der Waals surface area (Å²) in [6, 6.07) is 18.1. The largest absolute Gasteiger partial charge is 0.460 e. The van der Waals surface area contributed by atoms with Gasteiger partial charge in [0.2, 0.25) is 11.8 Å². The minimum absolute atomic E-state index is 0.00283. The predicted octanol–water partition coefficient (Wildman–Crippen LogP) is 3.81. The maximum atomic E-state index is 13.2. The Hall–Kier alpha value is -3.98. The van der Waals surface area contributed by atoms with Gasteiger partial charge in [-0.25, -0.2) is 0 Å². The SMILES string of the molecule is CC(C)(C)OC(=O)C[C@H]1C/C=C\C[C@@H](CC(=O)N[C@@H](CO)Cc2ccccc2)C(=O)NC[C@@H](c2ccccc2)OC1=O. The van der Waals surface area contributed by atoms with Crippen molar-refractivity contribution in [2.24, 2.45) is 11.8 Å². The second-order valence-electron chi connectivity index (χ2n) is 11.5. The highest BCUT2D eigenvalue weighted by molar-refractivity contribution is 5.86. The van der Waals surface area contributed by atoms with Crippen molar-refractivity contribution in [3.8, 4) is 0 Å². The van der Waals surface area contributed by atoms with Crippen LogP contribution in [0, 0.1) is 11.8 Å². The van der Waals surface area contributed by atoms with Crippen molar-refractivity contribution in [2.75, 3.05) is 13.2 Å². The van der Waals surface area contributed by atoms with Crippen LogP contribution in [-0.2, 0) is 35.1 Å². The number of hydrogen-bond acceptors (Lipinski definition) is 7. The highest BCUT2D eigenvalue weighted by atomic mass is 16.6. The van der Waals surface area contributed by atoms with E-state index in [-0.39, 0.29) is 50.6 Å². The zero-order valence-electron chi connectivity index (χ0n) is 24.6. The van der Waals surface area contributed by atoms with Crippen molar-refractivity contribution in [1.29, 1.82) is 0 Å². The summed E-state index contributed by atoms with van der Waals surface area (Å²) in [6.07, 6.45) is 3.39. The van der Waals surface area contributed by atoms with E-state index in [2.05, 4.69) is 10.6 Å². The van der Waals surface area contributed by atoms with Crippen molar-refractivity contribution < 1.29 is 33.8 Å². The molecular formula is C33H42N2O7. The van der Waals surface area contributed by atoms with E-state index in [1.54, 1.807) is 45.1 Å². The van der Waals surface area contributed by atoms with Crippen LogP contribution < -0.4 is 10.6 Å². The van der Waals surface area contributed by atoms with Crippen LogP contribution in [0.15, 0.2) is 72.8 Å². The fourth-order valence-electron chi connectivity index (χ4n) is 4.69. The van der Waals surface area contributed by atoms with Crippen LogP contribution in [0.5, 0.6) is 0 Å². The number of amides is 2. The van der Waals surface area contributed by atoms with Crippen LogP contribution in [0.2, 0.25) is 0 Å². The summed E-state index contributed by atoms with van der Waals surface area (Å²) in [5.41, 5.74) is 0.977. The van der Waals surface area contributed by atoms with Crippen LogP contribution in [0.1, 0.15) is 63.7 Å². The van der Waals surface area contributed by atoms with Crippen LogP contribution in [0.4, 0.5) is 0 Å². The molecule has 9 nitrogen and oxygen atoms in total. The molecule has 9 heteroatoms. The number of benzene rings is 2. The molecule has 1 aliphatic rings. The Kier molecular flexibility index (Phi) is 12.3. The van der Waals surface area contributed by atoms with Gasteiger partial charge in [0.05, 0.1) is 37.5 Å². The minimum Gasteiger partial charge on any atom is -0.460 e. The average molecular weight is 579 g/mol. The lowest BCUT2D eigenvalue weighted by atomic mass is 9.96. The third-order valence-corrected chi connectivity index (χ3v) is 6.78. The van der Waals surface area contributed by atoms with Gasteiger partial charge in [0.25, 0.3) is 0 Å². The summed E-state index contributed by atoms with van der Waals surface area (Å²) < 4.78 is 11.3. The quantitative estimate of drug-likeness (QED) is 0.305. The molecule has 0 aromatic heterocycles. The maximum absolute atomic E-state index is 13.2. The monoisotopic (exact) mass is 578 g/mol. The topological polar surface area (TPSA) is 131 Å². The number of cyclic esters (lactones) is 1. The number of esters is 2. The Morgan fingerprint density at radius 1 is 0.976 bits per heavy atom. The number of rotatable bonds is 9. The van der Waals surface area contributed by atoms with Gasteiger partial charge in [-0.05, 0) is 51.2 Å². The van der Waals surface area contributed by atoms with Crippen LogP contribution in [-0.4, -0.2) is 53.7 Å². The van der Waals surface area contributed by atoms with Gasteiger partial charge in [0.15, 0.2) is 0 Å². The first kappa shape index (κ1) is 32.5. The van der Waals surface area contributed by atoms with E-state index in [0.717, 1.165) is 5.56 Å². The number of aliphatic hydroxyl groups is 1. The number of hydrogen-bond donors (Lipinski definition) is 3. The molecule has 2 aromatic rings. The molecule has 4 atom stereocenters. The van der Waals surface area contributed by atoms with Gasteiger partial charge in [-0.1, -0.05) is 72.8 Å². The Labute approximate surface area is 247 Å². The predicted molar refractivity (Wildman–Crippen MR) is 158 cm³/mol. The lowest BCUT2D eigenvalue weighted by molar-refractivity contribution is -0.164. The van der Waals surface area contributed by atoms with Crippen LogP contribution in [0.25, 0.3) is 0 Å². The summed E-state index contributed by atoms with van der Waals surface area (Å²) in [4.78, 5) is 52.0. The van der Waals surface area contributed by atoms with Crippen molar-refractivity contribution in [3.05, 3.63) is 83.9 Å². The first-order valence-electron chi connectivity index (χ1n) is 14.4. The smallest absolute Gasteiger partial charge is 0.310 e. The molecule has 0 fully saturated rings.